The summed E-state index contributed by atoms with van der Waals surface area (Å²) in [5, 5.41) is 3.02. The number of hydrogen-bond donors (Lipinski definition) is 1. The lowest BCUT2D eigenvalue weighted by Crippen LogP contribution is -2.39. The molecule has 3 heteroatoms. The Bertz CT molecular complexity index is 532. The number of hydrogen-bond acceptors (Lipinski definition) is 1. The second kappa shape index (κ2) is 5.70. The van der Waals surface area contributed by atoms with E-state index in [1.165, 1.54) is 19.3 Å². The molecule has 20 heavy (non-hydrogen) atoms. The minimum absolute atomic E-state index is 0.0389. The molecule has 0 spiro atoms. The lowest BCUT2D eigenvalue weighted by molar-refractivity contribution is 0.207. The second-order valence-electron chi connectivity index (χ2n) is 5.79. The molecule has 1 saturated heterocycles. The summed E-state index contributed by atoms with van der Waals surface area (Å²) >= 11 is 0. The number of likely N-dealkylation sites (tertiary alicyclic amines) is 1. The van der Waals surface area contributed by atoms with Crippen LogP contribution < -0.4 is 5.32 Å². The van der Waals surface area contributed by atoms with E-state index in [-0.39, 0.29) is 6.03 Å². The minimum Gasteiger partial charge on any atom is -0.324 e. The van der Waals surface area contributed by atoms with Crippen molar-refractivity contribution in [1.82, 2.24) is 4.90 Å². The summed E-state index contributed by atoms with van der Waals surface area (Å²) in [4.78, 5) is 14.2. The average molecular weight is 270 g/mol. The van der Waals surface area contributed by atoms with E-state index in [9.17, 15) is 4.79 Å². The molecular formula is C17H22N2O. The summed E-state index contributed by atoms with van der Waals surface area (Å²) in [6, 6.07) is 7.96. The van der Waals surface area contributed by atoms with E-state index in [0.717, 1.165) is 37.2 Å². The summed E-state index contributed by atoms with van der Waals surface area (Å²) in [6.07, 6.45) is 6.08. The summed E-state index contributed by atoms with van der Waals surface area (Å²) in [7, 11) is 0. The Hall–Kier alpha value is -1.77. The van der Waals surface area contributed by atoms with Gasteiger partial charge in [-0.05, 0) is 50.7 Å². The molecule has 1 saturated carbocycles. The Morgan fingerprint density at radius 1 is 1.05 bits per heavy atom. The number of aryl methyl sites for hydroxylation is 1. The van der Waals surface area contributed by atoms with Crippen molar-refractivity contribution >= 4 is 11.7 Å². The lowest BCUT2D eigenvalue weighted by Gasteiger charge is -2.32. The molecule has 0 unspecified atom stereocenters. The highest BCUT2D eigenvalue weighted by atomic mass is 16.2. The first kappa shape index (κ1) is 13.2. The van der Waals surface area contributed by atoms with E-state index < -0.39 is 0 Å². The van der Waals surface area contributed by atoms with Crippen LogP contribution in [0.15, 0.2) is 35.4 Å². The Morgan fingerprint density at radius 2 is 1.70 bits per heavy atom. The third kappa shape index (κ3) is 2.72. The van der Waals surface area contributed by atoms with Crippen LogP contribution >= 0.6 is 0 Å². The van der Waals surface area contributed by atoms with Crippen molar-refractivity contribution in [3.63, 3.8) is 0 Å². The average Bonchev–Trinajstić information content (AvgIpc) is 2.40. The zero-order valence-electron chi connectivity index (χ0n) is 12.1. The van der Waals surface area contributed by atoms with Gasteiger partial charge in [-0.25, -0.2) is 4.79 Å². The molecule has 3 nitrogen and oxygen atoms in total. The topological polar surface area (TPSA) is 32.3 Å². The van der Waals surface area contributed by atoms with Gasteiger partial charge in [-0.3, -0.25) is 0 Å². The number of allylic oxidation sites excluding steroid dienone is 1. The van der Waals surface area contributed by atoms with Crippen molar-refractivity contribution in [1.29, 1.82) is 0 Å². The van der Waals surface area contributed by atoms with Gasteiger partial charge in [0.2, 0.25) is 0 Å². The first-order chi connectivity index (χ1) is 9.74. The summed E-state index contributed by atoms with van der Waals surface area (Å²) < 4.78 is 0. The van der Waals surface area contributed by atoms with E-state index >= 15 is 0 Å². The Morgan fingerprint density at radius 3 is 2.30 bits per heavy atom. The molecule has 0 bridgehead atoms. The van der Waals surface area contributed by atoms with Crippen LogP contribution in [0.2, 0.25) is 0 Å². The van der Waals surface area contributed by atoms with Gasteiger partial charge in [0.15, 0.2) is 0 Å². The molecule has 1 aliphatic heterocycles. The molecule has 2 aliphatic rings. The molecule has 2 fully saturated rings. The fourth-order valence-corrected chi connectivity index (χ4v) is 2.95. The number of nitrogens with zero attached hydrogens (tertiary/aromatic N) is 1. The number of carbonyl (C=O) groups excluding carboxylic acids is 1. The van der Waals surface area contributed by atoms with Crippen LogP contribution in [0, 0.1) is 6.92 Å². The molecule has 0 atom stereocenters. The van der Waals surface area contributed by atoms with Gasteiger partial charge in [0.05, 0.1) is 0 Å². The second-order valence-corrected chi connectivity index (χ2v) is 5.79. The zero-order valence-corrected chi connectivity index (χ0v) is 12.1. The van der Waals surface area contributed by atoms with Crippen molar-refractivity contribution < 1.29 is 4.79 Å². The SMILES string of the molecule is Cc1ccccc1NC(=O)N1CCC(=C2CCC2)CC1. The number of carbonyl (C=O) groups is 1. The van der Waals surface area contributed by atoms with E-state index in [1.54, 1.807) is 11.1 Å². The minimum atomic E-state index is 0.0389. The number of amides is 2. The van der Waals surface area contributed by atoms with Crippen molar-refractivity contribution in [2.45, 2.75) is 39.0 Å². The van der Waals surface area contributed by atoms with Gasteiger partial charge < -0.3 is 10.2 Å². The maximum Gasteiger partial charge on any atom is 0.321 e. The predicted octanol–water partition coefficient (Wildman–Crippen LogP) is 4.10. The van der Waals surface area contributed by atoms with Gasteiger partial charge in [-0.2, -0.15) is 0 Å². The smallest absolute Gasteiger partial charge is 0.321 e. The molecule has 2 amide bonds. The third-order valence-corrected chi connectivity index (χ3v) is 4.50. The Labute approximate surface area is 120 Å². The number of benzene rings is 1. The number of anilines is 1. The van der Waals surface area contributed by atoms with Crippen LogP contribution in [0.1, 0.15) is 37.7 Å². The molecule has 1 aliphatic carbocycles. The number of para-hydroxylation sites is 1. The summed E-state index contributed by atoms with van der Waals surface area (Å²) in [5.74, 6) is 0. The fraction of sp³-hybridized carbons (Fsp3) is 0.471. The Kier molecular flexibility index (Phi) is 3.77. The van der Waals surface area contributed by atoms with Crippen molar-refractivity contribution in [2.24, 2.45) is 0 Å². The summed E-state index contributed by atoms with van der Waals surface area (Å²) in [5.41, 5.74) is 5.32. The first-order valence-electron chi connectivity index (χ1n) is 7.55. The highest BCUT2D eigenvalue weighted by Crippen LogP contribution is 2.33. The van der Waals surface area contributed by atoms with E-state index in [4.69, 9.17) is 0 Å². The third-order valence-electron chi connectivity index (χ3n) is 4.50. The van der Waals surface area contributed by atoms with Gasteiger partial charge in [0.1, 0.15) is 0 Å². The molecule has 106 valence electrons. The fourth-order valence-electron chi connectivity index (χ4n) is 2.95. The molecule has 1 aromatic carbocycles. The quantitative estimate of drug-likeness (QED) is 0.765. The maximum atomic E-state index is 12.3. The molecule has 0 radical (unpaired) electrons. The normalized spacial score (nSPS) is 18.8. The van der Waals surface area contributed by atoms with Crippen molar-refractivity contribution in [2.75, 3.05) is 18.4 Å². The maximum absolute atomic E-state index is 12.3. The molecule has 3 rings (SSSR count). The number of rotatable bonds is 1. The van der Waals surface area contributed by atoms with Crippen LogP contribution in [0.5, 0.6) is 0 Å². The van der Waals surface area contributed by atoms with E-state index in [0.29, 0.717) is 0 Å². The zero-order chi connectivity index (χ0) is 13.9. The first-order valence-corrected chi connectivity index (χ1v) is 7.55. The van der Waals surface area contributed by atoms with Crippen LogP contribution in [0.25, 0.3) is 0 Å². The van der Waals surface area contributed by atoms with E-state index in [1.807, 2.05) is 36.1 Å². The number of urea groups is 1. The number of nitrogens with one attached hydrogen (secondary N) is 1. The van der Waals surface area contributed by atoms with Crippen molar-refractivity contribution in [3.8, 4) is 0 Å². The van der Waals surface area contributed by atoms with Crippen molar-refractivity contribution in [3.05, 3.63) is 41.0 Å². The molecule has 1 aromatic rings. The largest absolute Gasteiger partial charge is 0.324 e. The van der Waals surface area contributed by atoms with E-state index in [2.05, 4.69) is 5.32 Å². The highest BCUT2D eigenvalue weighted by Gasteiger charge is 2.22. The van der Waals surface area contributed by atoms with Gasteiger partial charge in [-0.15, -0.1) is 0 Å². The molecular weight excluding hydrogens is 248 g/mol. The predicted molar refractivity (Wildman–Crippen MR) is 81.9 cm³/mol. The van der Waals surface area contributed by atoms with Gasteiger partial charge in [0.25, 0.3) is 0 Å². The van der Waals surface area contributed by atoms with Crippen LogP contribution in [0.3, 0.4) is 0 Å². The molecule has 1 heterocycles. The highest BCUT2D eigenvalue weighted by molar-refractivity contribution is 5.90. The van der Waals surface area contributed by atoms with Crippen LogP contribution in [-0.4, -0.2) is 24.0 Å². The summed E-state index contributed by atoms with van der Waals surface area (Å²) in [6.45, 7) is 3.73. The number of piperidine rings is 1. The van der Waals surface area contributed by atoms with Gasteiger partial charge >= 0.3 is 6.03 Å². The monoisotopic (exact) mass is 270 g/mol. The van der Waals surface area contributed by atoms with Gasteiger partial charge in [-0.1, -0.05) is 29.3 Å². The standard InChI is InChI=1S/C17H22N2O/c1-13-5-2-3-8-16(13)18-17(20)19-11-9-15(10-12-19)14-6-4-7-14/h2-3,5,8H,4,6-7,9-12H2,1H3,(H,18,20). The van der Waals surface area contributed by atoms with Gasteiger partial charge in [0, 0.05) is 18.8 Å². The van der Waals surface area contributed by atoms with Crippen LogP contribution in [0.4, 0.5) is 10.5 Å². The molecule has 1 N–H and O–H groups in total. The van der Waals surface area contributed by atoms with Crippen LogP contribution in [-0.2, 0) is 0 Å². The lowest BCUT2D eigenvalue weighted by atomic mass is 9.84. The molecule has 0 aromatic heterocycles. The Balaban J connectivity index is 1.58.